The molecule has 1 unspecified atom stereocenters. The zero-order valence-corrected chi connectivity index (χ0v) is 10.2. The summed E-state index contributed by atoms with van der Waals surface area (Å²) in [5, 5.41) is 9.79. The molecule has 0 aliphatic carbocycles. The molecule has 1 aliphatic rings. The molecule has 1 heterocycles. The number of rotatable bonds is 3. The number of halogens is 1. The van der Waals surface area contributed by atoms with Crippen LogP contribution in [-0.4, -0.2) is 29.4 Å². The van der Waals surface area contributed by atoms with Crippen LogP contribution in [0.1, 0.15) is 24.2 Å². The molecule has 0 bridgehead atoms. The van der Waals surface area contributed by atoms with Crippen molar-refractivity contribution in [3.05, 3.63) is 29.6 Å². The van der Waals surface area contributed by atoms with E-state index in [1.54, 1.807) is 13.8 Å². The largest absolute Gasteiger partial charge is 0.391 e. The van der Waals surface area contributed by atoms with Gasteiger partial charge in [0.1, 0.15) is 5.82 Å². The lowest BCUT2D eigenvalue weighted by atomic mass is 10.1. The highest BCUT2D eigenvalue weighted by Gasteiger charge is 2.37. The van der Waals surface area contributed by atoms with Crippen LogP contribution in [0.5, 0.6) is 0 Å². The van der Waals surface area contributed by atoms with E-state index >= 15 is 0 Å². The Morgan fingerprint density at radius 2 is 2.00 bits per heavy atom. The first-order valence-corrected chi connectivity index (χ1v) is 5.75. The third-order valence-electron chi connectivity index (χ3n) is 3.07. The van der Waals surface area contributed by atoms with Gasteiger partial charge in [-0.2, -0.15) is 0 Å². The molecule has 1 aliphatic heterocycles. The van der Waals surface area contributed by atoms with Crippen LogP contribution >= 0.6 is 0 Å². The van der Waals surface area contributed by atoms with Gasteiger partial charge in [-0.25, -0.2) is 4.39 Å². The number of β-amino-alcohol motifs (C(OH)–C–C–N with tert-alkyl or cyclic N) is 1. The smallest absolute Gasteiger partial charge is 0.299 e. The number of ketones is 1. The number of benzene rings is 1. The van der Waals surface area contributed by atoms with Gasteiger partial charge in [-0.1, -0.05) is 13.8 Å². The van der Waals surface area contributed by atoms with E-state index in [0.29, 0.717) is 0 Å². The Morgan fingerprint density at radius 3 is 2.61 bits per heavy atom. The van der Waals surface area contributed by atoms with Crippen molar-refractivity contribution in [3.63, 3.8) is 0 Å². The molecule has 1 atom stereocenters. The fourth-order valence-electron chi connectivity index (χ4n) is 1.85. The highest BCUT2D eigenvalue weighted by Crippen LogP contribution is 2.30. The maximum absolute atomic E-state index is 13.2. The summed E-state index contributed by atoms with van der Waals surface area (Å²) in [5.41, 5.74) is 0.432. The van der Waals surface area contributed by atoms with E-state index < -0.39 is 23.6 Å². The molecule has 0 saturated heterocycles. The molecule has 1 aromatic carbocycles. The van der Waals surface area contributed by atoms with Crippen molar-refractivity contribution >= 4 is 17.4 Å². The topological polar surface area (TPSA) is 57.6 Å². The van der Waals surface area contributed by atoms with E-state index in [0.717, 1.165) is 17.0 Å². The molecule has 4 nitrogen and oxygen atoms in total. The quantitative estimate of drug-likeness (QED) is 0.825. The van der Waals surface area contributed by atoms with Gasteiger partial charge >= 0.3 is 0 Å². The summed E-state index contributed by atoms with van der Waals surface area (Å²) in [6.07, 6.45) is -0.754. The van der Waals surface area contributed by atoms with E-state index in [-0.39, 0.29) is 23.7 Å². The van der Waals surface area contributed by atoms with Crippen molar-refractivity contribution in [2.24, 2.45) is 5.92 Å². The molecule has 5 heteroatoms. The average Bonchev–Trinajstić information content (AvgIpc) is 2.54. The van der Waals surface area contributed by atoms with Gasteiger partial charge in [0.2, 0.25) is 0 Å². The summed E-state index contributed by atoms with van der Waals surface area (Å²) in [5.74, 6) is -1.93. The molecule has 0 radical (unpaired) electrons. The monoisotopic (exact) mass is 251 g/mol. The third-order valence-corrected chi connectivity index (χ3v) is 3.07. The van der Waals surface area contributed by atoms with Gasteiger partial charge in [0.15, 0.2) is 0 Å². The fraction of sp³-hybridized carbons (Fsp3) is 0.385. The first kappa shape index (κ1) is 12.7. The summed E-state index contributed by atoms with van der Waals surface area (Å²) in [6.45, 7) is 3.61. The zero-order valence-electron chi connectivity index (χ0n) is 10.2. The lowest BCUT2D eigenvalue weighted by Gasteiger charge is -2.22. The van der Waals surface area contributed by atoms with E-state index in [4.69, 9.17) is 0 Å². The number of carbonyl (C=O) groups is 2. The molecule has 1 N–H and O–H groups in total. The van der Waals surface area contributed by atoms with Gasteiger partial charge in [0, 0.05) is 0 Å². The Labute approximate surface area is 104 Å². The maximum atomic E-state index is 13.2. The molecule has 1 aromatic rings. The number of fused-ring (bicyclic) bond motifs is 1. The Balaban J connectivity index is 2.36. The van der Waals surface area contributed by atoms with E-state index in [2.05, 4.69) is 0 Å². The summed E-state index contributed by atoms with van der Waals surface area (Å²) in [7, 11) is 0. The molecular weight excluding hydrogens is 237 g/mol. The Bertz CT molecular complexity index is 513. The van der Waals surface area contributed by atoms with Crippen molar-refractivity contribution in [2.75, 3.05) is 11.4 Å². The van der Waals surface area contributed by atoms with Gasteiger partial charge < -0.3 is 10.0 Å². The fourth-order valence-corrected chi connectivity index (χ4v) is 1.85. The lowest BCUT2D eigenvalue weighted by molar-refractivity contribution is -0.114. The van der Waals surface area contributed by atoms with Crippen LogP contribution in [0.3, 0.4) is 0 Å². The van der Waals surface area contributed by atoms with Crippen LogP contribution in [0.2, 0.25) is 0 Å². The summed E-state index contributed by atoms with van der Waals surface area (Å²) < 4.78 is 13.2. The van der Waals surface area contributed by atoms with Crippen LogP contribution in [0.15, 0.2) is 18.2 Å². The van der Waals surface area contributed by atoms with Crippen molar-refractivity contribution in [1.29, 1.82) is 0 Å². The van der Waals surface area contributed by atoms with E-state index in [1.807, 2.05) is 0 Å². The van der Waals surface area contributed by atoms with Gasteiger partial charge in [-0.05, 0) is 24.1 Å². The highest BCUT2D eigenvalue weighted by atomic mass is 19.1. The number of aliphatic hydroxyl groups is 1. The van der Waals surface area contributed by atoms with Gasteiger partial charge in [0.25, 0.3) is 11.7 Å². The predicted octanol–water partition coefficient (Wildman–Crippen LogP) is 1.37. The number of Topliss-reactive ketones (excluding diaryl/α,β-unsaturated/α-hetero) is 1. The van der Waals surface area contributed by atoms with Gasteiger partial charge in [0.05, 0.1) is 23.9 Å². The summed E-state index contributed by atoms with van der Waals surface area (Å²) in [6, 6.07) is 3.59. The number of hydrogen-bond donors (Lipinski definition) is 1. The van der Waals surface area contributed by atoms with Crippen LogP contribution in [-0.2, 0) is 4.79 Å². The molecule has 0 spiro atoms. The average molecular weight is 251 g/mol. The van der Waals surface area contributed by atoms with Gasteiger partial charge in [-0.15, -0.1) is 0 Å². The zero-order chi connectivity index (χ0) is 13.4. The molecule has 0 saturated carbocycles. The molecular formula is C13H14FNO3. The molecule has 18 heavy (non-hydrogen) atoms. The molecule has 2 rings (SSSR count). The third kappa shape index (κ3) is 2.01. The van der Waals surface area contributed by atoms with E-state index in [1.165, 1.54) is 6.07 Å². The molecule has 96 valence electrons. The lowest BCUT2D eigenvalue weighted by Crippen LogP contribution is -2.38. The first-order valence-electron chi connectivity index (χ1n) is 5.75. The van der Waals surface area contributed by atoms with Crippen LogP contribution in [0.25, 0.3) is 0 Å². The van der Waals surface area contributed by atoms with E-state index in [9.17, 15) is 19.1 Å². The second-order valence-corrected chi connectivity index (χ2v) is 4.72. The normalized spacial score (nSPS) is 16.4. The first-order chi connectivity index (χ1) is 8.41. The minimum atomic E-state index is -0.754. The van der Waals surface area contributed by atoms with Crippen LogP contribution in [0, 0.1) is 11.7 Å². The Morgan fingerprint density at radius 1 is 1.33 bits per heavy atom. The number of amides is 1. The van der Waals surface area contributed by atoms with Crippen LogP contribution in [0.4, 0.5) is 10.1 Å². The number of nitrogens with zero attached hydrogens (tertiary/aromatic N) is 1. The standard InChI is InChI=1S/C13H14FNO3/c1-7(2)11(16)6-15-10-5-8(14)3-4-9(10)12(17)13(15)18/h3-5,7,11,16H,6H2,1-2H3. The molecule has 0 fully saturated rings. The number of carbonyl (C=O) groups excluding carboxylic acids is 2. The Hall–Kier alpha value is -1.75. The van der Waals surface area contributed by atoms with Crippen molar-refractivity contribution in [1.82, 2.24) is 0 Å². The summed E-state index contributed by atoms with van der Waals surface area (Å²) >= 11 is 0. The SMILES string of the molecule is CC(C)C(O)CN1C(=O)C(=O)c2ccc(F)cc21. The molecule has 0 aromatic heterocycles. The summed E-state index contributed by atoms with van der Waals surface area (Å²) in [4.78, 5) is 24.6. The maximum Gasteiger partial charge on any atom is 0.299 e. The number of anilines is 1. The van der Waals surface area contributed by atoms with Crippen molar-refractivity contribution in [3.8, 4) is 0 Å². The predicted molar refractivity (Wildman–Crippen MR) is 63.9 cm³/mol. The van der Waals surface area contributed by atoms with Crippen LogP contribution < -0.4 is 4.90 Å². The molecule has 1 amide bonds. The second kappa shape index (κ2) is 4.49. The number of hydrogen-bond acceptors (Lipinski definition) is 3. The number of aliphatic hydroxyl groups excluding tert-OH is 1. The van der Waals surface area contributed by atoms with Gasteiger partial charge in [-0.3, -0.25) is 9.59 Å². The van der Waals surface area contributed by atoms with Crippen molar-refractivity contribution in [2.45, 2.75) is 20.0 Å². The highest BCUT2D eigenvalue weighted by molar-refractivity contribution is 6.52. The Kier molecular flexibility index (Phi) is 3.17. The van der Waals surface area contributed by atoms with Crippen molar-refractivity contribution < 1.29 is 19.1 Å². The minimum absolute atomic E-state index is 0.00130. The second-order valence-electron chi connectivity index (χ2n) is 4.72. The minimum Gasteiger partial charge on any atom is -0.391 e.